The van der Waals surface area contributed by atoms with Gasteiger partial charge < -0.3 is 5.11 Å². The van der Waals surface area contributed by atoms with E-state index < -0.39 is 0 Å². The van der Waals surface area contributed by atoms with Gasteiger partial charge in [-0.1, -0.05) is 67.2 Å². The van der Waals surface area contributed by atoms with E-state index in [-0.39, 0.29) is 0 Å². The SMILES string of the molecule is CCC(CC[C@@H](C)[C@H]1CC[C@H]2[C@@H]3CCC4[C@H](C)CCC[C@]4(C)[C@H]3CC[C@]12C)C(C)CO. The molecule has 180 valence electrons. The van der Waals surface area contributed by atoms with Crippen molar-refractivity contribution < 1.29 is 5.11 Å². The first-order valence-corrected chi connectivity index (χ1v) is 14.4. The lowest BCUT2D eigenvalue weighted by atomic mass is 9.43. The van der Waals surface area contributed by atoms with Gasteiger partial charge in [0.05, 0.1) is 0 Å². The summed E-state index contributed by atoms with van der Waals surface area (Å²) in [6, 6.07) is 0. The van der Waals surface area contributed by atoms with Crippen LogP contribution in [0.4, 0.5) is 0 Å². The molecular weight excluding hydrogens is 376 g/mol. The van der Waals surface area contributed by atoms with E-state index in [0.717, 1.165) is 41.4 Å². The minimum atomic E-state index is 0.359. The number of aliphatic hydroxyl groups excluding tert-OH is 1. The summed E-state index contributed by atoms with van der Waals surface area (Å²) < 4.78 is 0. The first-order chi connectivity index (χ1) is 14.8. The fraction of sp³-hybridized carbons (Fsp3) is 1.00. The summed E-state index contributed by atoms with van der Waals surface area (Å²) in [5.41, 5.74) is 1.26. The zero-order valence-corrected chi connectivity index (χ0v) is 21.8. The molecular formula is C30H54O. The van der Waals surface area contributed by atoms with Crippen LogP contribution < -0.4 is 0 Å². The van der Waals surface area contributed by atoms with Crippen molar-refractivity contribution >= 4 is 0 Å². The van der Waals surface area contributed by atoms with Crippen molar-refractivity contribution in [1.82, 2.24) is 0 Å². The molecule has 0 radical (unpaired) electrons. The van der Waals surface area contributed by atoms with Gasteiger partial charge in [-0.15, -0.1) is 0 Å². The molecule has 0 heterocycles. The van der Waals surface area contributed by atoms with Gasteiger partial charge in [-0.25, -0.2) is 0 Å². The van der Waals surface area contributed by atoms with Crippen LogP contribution in [0.15, 0.2) is 0 Å². The highest BCUT2D eigenvalue weighted by atomic mass is 16.3. The molecule has 0 amide bonds. The fourth-order valence-electron chi connectivity index (χ4n) is 10.5. The second-order valence-corrected chi connectivity index (χ2v) is 13.5. The molecule has 4 saturated carbocycles. The van der Waals surface area contributed by atoms with Crippen molar-refractivity contribution in [2.45, 2.75) is 119 Å². The van der Waals surface area contributed by atoms with E-state index >= 15 is 0 Å². The van der Waals surface area contributed by atoms with E-state index in [0.29, 0.717) is 29.3 Å². The Balaban J connectivity index is 1.44. The number of rotatable bonds is 7. The third kappa shape index (κ3) is 4.06. The molecule has 3 unspecified atom stereocenters. The molecule has 0 aromatic carbocycles. The number of hydrogen-bond donors (Lipinski definition) is 1. The Morgan fingerprint density at radius 3 is 2.26 bits per heavy atom. The Kier molecular flexibility index (Phi) is 7.23. The van der Waals surface area contributed by atoms with Gasteiger partial charge in [0.2, 0.25) is 0 Å². The topological polar surface area (TPSA) is 20.2 Å². The Morgan fingerprint density at radius 2 is 1.55 bits per heavy atom. The fourth-order valence-corrected chi connectivity index (χ4v) is 10.5. The van der Waals surface area contributed by atoms with Crippen molar-refractivity contribution in [2.24, 2.45) is 64.1 Å². The zero-order chi connectivity index (χ0) is 22.4. The molecule has 0 saturated heterocycles. The molecule has 4 fully saturated rings. The summed E-state index contributed by atoms with van der Waals surface area (Å²) in [4.78, 5) is 0. The Morgan fingerprint density at radius 1 is 0.839 bits per heavy atom. The number of aliphatic hydroxyl groups is 1. The monoisotopic (exact) mass is 430 g/mol. The van der Waals surface area contributed by atoms with Gasteiger partial charge in [-0.05, 0) is 115 Å². The normalized spacial score (nSPS) is 47.7. The highest BCUT2D eigenvalue weighted by Crippen LogP contribution is 2.68. The Labute approximate surface area is 194 Å². The lowest BCUT2D eigenvalue weighted by Crippen LogP contribution is -2.54. The van der Waals surface area contributed by atoms with Gasteiger partial charge in [0, 0.05) is 6.61 Å². The standard InChI is InChI=1S/C30H54O/c1-7-23(22(4)19-31)11-10-21(3)26-14-15-27-24-12-13-25-20(2)9-8-17-29(25,5)28(24)16-18-30(26,27)6/h20-28,31H,7-19H2,1-6H3/t20-,21-,22?,23?,24+,25?,26-,27+,28+,29+,30-/m1/s1. The van der Waals surface area contributed by atoms with Crippen LogP contribution in [0.25, 0.3) is 0 Å². The lowest BCUT2D eigenvalue weighted by molar-refractivity contribution is -0.127. The van der Waals surface area contributed by atoms with Crippen LogP contribution in [0, 0.1) is 64.1 Å². The minimum absolute atomic E-state index is 0.359. The average molecular weight is 431 g/mol. The molecule has 0 aromatic rings. The van der Waals surface area contributed by atoms with Crippen LogP contribution in [0.3, 0.4) is 0 Å². The summed E-state index contributed by atoms with van der Waals surface area (Å²) in [5.74, 6) is 8.01. The number of fused-ring (bicyclic) bond motifs is 5. The molecule has 11 atom stereocenters. The van der Waals surface area contributed by atoms with Gasteiger partial charge >= 0.3 is 0 Å². The molecule has 1 heteroatoms. The lowest BCUT2D eigenvalue weighted by Gasteiger charge is -2.62. The first-order valence-electron chi connectivity index (χ1n) is 14.4. The molecule has 4 rings (SSSR count). The molecule has 0 aromatic heterocycles. The van der Waals surface area contributed by atoms with Gasteiger partial charge in [-0.2, -0.15) is 0 Å². The van der Waals surface area contributed by atoms with Crippen molar-refractivity contribution in [3.63, 3.8) is 0 Å². The maximum Gasteiger partial charge on any atom is 0.0459 e. The van der Waals surface area contributed by atoms with Crippen LogP contribution in [0.5, 0.6) is 0 Å². The van der Waals surface area contributed by atoms with Crippen molar-refractivity contribution in [3.05, 3.63) is 0 Å². The van der Waals surface area contributed by atoms with Crippen LogP contribution >= 0.6 is 0 Å². The minimum Gasteiger partial charge on any atom is -0.396 e. The third-order valence-electron chi connectivity index (χ3n) is 12.4. The quantitative estimate of drug-likeness (QED) is 0.430. The molecule has 4 aliphatic carbocycles. The third-order valence-corrected chi connectivity index (χ3v) is 12.4. The van der Waals surface area contributed by atoms with Gasteiger partial charge in [-0.3, -0.25) is 0 Å². The summed E-state index contributed by atoms with van der Waals surface area (Å²) in [6.45, 7) is 15.5. The van der Waals surface area contributed by atoms with E-state index in [1.54, 1.807) is 6.42 Å². The van der Waals surface area contributed by atoms with Crippen molar-refractivity contribution in [3.8, 4) is 0 Å². The van der Waals surface area contributed by atoms with E-state index in [1.165, 1.54) is 70.6 Å². The van der Waals surface area contributed by atoms with Crippen molar-refractivity contribution in [2.75, 3.05) is 6.61 Å². The Bertz CT molecular complexity index is 599. The largest absolute Gasteiger partial charge is 0.396 e. The second kappa shape index (κ2) is 9.31. The Hall–Kier alpha value is -0.0400. The molecule has 0 spiro atoms. The average Bonchev–Trinajstić information content (AvgIpc) is 3.11. The van der Waals surface area contributed by atoms with E-state index in [2.05, 4.69) is 41.5 Å². The first kappa shape index (κ1) is 24.1. The highest BCUT2D eigenvalue weighted by Gasteiger charge is 2.60. The summed E-state index contributed by atoms with van der Waals surface area (Å²) >= 11 is 0. The smallest absolute Gasteiger partial charge is 0.0459 e. The van der Waals surface area contributed by atoms with E-state index in [4.69, 9.17) is 0 Å². The maximum atomic E-state index is 9.64. The predicted octanol–water partition coefficient (Wildman–Crippen LogP) is 8.35. The molecule has 1 nitrogen and oxygen atoms in total. The van der Waals surface area contributed by atoms with Gasteiger partial charge in [0.25, 0.3) is 0 Å². The zero-order valence-electron chi connectivity index (χ0n) is 21.8. The highest BCUT2D eigenvalue weighted by molar-refractivity contribution is 5.09. The van der Waals surface area contributed by atoms with Crippen molar-refractivity contribution in [1.29, 1.82) is 0 Å². The molecule has 31 heavy (non-hydrogen) atoms. The second-order valence-electron chi connectivity index (χ2n) is 13.5. The van der Waals surface area contributed by atoms with Crippen LogP contribution in [0.1, 0.15) is 119 Å². The number of hydrogen-bond acceptors (Lipinski definition) is 1. The molecule has 1 N–H and O–H groups in total. The summed E-state index contributed by atoms with van der Waals surface area (Å²) in [5, 5.41) is 9.64. The van der Waals surface area contributed by atoms with Crippen LogP contribution in [0.2, 0.25) is 0 Å². The molecule has 4 aliphatic rings. The summed E-state index contributed by atoms with van der Waals surface area (Å²) in [7, 11) is 0. The van der Waals surface area contributed by atoms with Gasteiger partial charge in [0.1, 0.15) is 0 Å². The summed E-state index contributed by atoms with van der Waals surface area (Å²) in [6.07, 6.45) is 17.5. The molecule has 0 bridgehead atoms. The van der Waals surface area contributed by atoms with E-state index in [1.807, 2.05) is 0 Å². The van der Waals surface area contributed by atoms with Crippen LogP contribution in [-0.4, -0.2) is 11.7 Å². The van der Waals surface area contributed by atoms with Gasteiger partial charge in [0.15, 0.2) is 0 Å². The molecule has 0 aliphatic heterocycles. The predicted molar refractivity (Wildman–Crippen MR) is 133 cm³/mol. The maximum absolute atomic E-state index is 9.64. The van der Waals surface area contributed by atoms with Crippen LogP contribution in [-0.2, 0) is 0 Å². The van der Waals surface area contributed by atoms with E-state index in [9.17, 15) is 5.11 Å².